The minimum absolute atomic E-state index is 0.0197. The number of aromatic nitrogens is 1. The van der Waals surface area contributed by atoms with Gasteiger partial charge >= 0.3 is 0 Å². The predicted octanol–water partition coefficient (Wildman–Crippen LogP) is 3.06. The number of carbonyl (C=O) groups excluding carboxylic acids is 1. The maximum atomic E-state index is 12.0. The van der Waals surface area contributed by atoms with Gasteiger partial charge in [0.25, 0.3) is 5.91 Å². The van der Waals surface area contributed by atoms with Gasteiger partial charge in [-0.2, -0.15) is 0 Å². The van der Waals surface area contributed by atoms with E-state index in [2.05, 4.69) is 27.8 Å². The van der Waals surface area contributed by atoms with Crippen LogP contribution >= 0.6 is 0 Å². The molecule has 1 amide bonds. The molecule has 5 rings (SSSR count). The van der Waals surface area contributed by atoms with Crippen molar-refractivity contribution >= 4 is 5.91 Å². The number of hydrogen-bond donors (Lipinski definition) is 3. The van der Waals surface area contributed by atoms with Gasteiger partial charge in [0.15, 0.2) is 0 Å². The van der Waals surface area contributed by atoms with Gasteiger partial charge in [0.2, 0.25) is 0 Å². The molecule has 2 aliphatic rings. The standard InChI is InChI=1S/C22H19N3O2/c1-12-18(14-3-5-16-10-25-22(27)20(16)7-14)8-17(11-23-12)13-2-4-15-9-24-21(26)19(15)6-13/h2-8,11,21,24,26H,9-10H2,1H3,(H,25,27). The van der Waals surface area contributed by atoms with Crippen LogP contribution in [0, 0.1) is 6.92 Å². The van der Waals surface area contributed by atoms with Crippen molar-refractivity contribution in [3.05, 3.63) is 76.6 Å². The smallest absolute Gasteiger partial charge is 0.251 e. The molecule has 0 saturated carbocycles. The molecule has 3 heterocycles. The van der Waals surface area contributed by atoms with Gasteiger partial charge in [-0.3, -0.25) is 15.1 Å². The van der Waals surface area contributed by atoms with Crippen LogP contribution < -0.4 is 10.6 Å². The molecule has 0 fully saturated rings. The summed E-state index contributed by atoms with van der Waals surface area (Å²) in [6.45, 7) is 3.26. The Morgan fingerprint density at radius 2 is 1.74 bits per heavy atom. The average Bonchev–Trinajstić information content (AvgIpc) is 3.25. The van der Waals surface area contributed by atoms with Gasteiger partial charge in [0.05, 0.1) is 0 Å². The molecule has 134 valence electrons. The van der Waals surface area contributed by atoms with E-state index in [0.29, 0.717) is 13.1 Å². The van der Waals surface area contributed by atoms with E-state index in [1.165, 1.54) is 0 Å². The van der Waals surface area contributed by atoms with Crippen LogP contribution in [0.3, 0.4) is 0 Å². The largest absolute Gasteiger partial charge is 0.374 e. The highest BCUT2D eigenvalue weighted by molar-refractivity contribution is 5.99. The fraction of sp³-hybridized carbons (Fsp3) is 0.182. The van der Waals surface area contributed by atoms with Gasteiger partial charge in [-0.1, -0.05) is 24.3 Å². The first-order valence-corrected chi connectivity index (χ1v) is 9.03. The summed E-state index contributed by atoms with van der Waals surface area (Å²) in [5.74, 6) is -0.0197. The van der Waals surface area contributed by atoms with E-state index in [-0.39, 0.29) is 5.91 Å². The summed E-state index contributed by atoms with van der Waals surface area (Å²) in [6, 6.07) is 14.2. The van der Waals surface area contributed by atoms with Crippen LogP contribution in [0.1, 0.15) is 39.0 Å². The monoisotopic (exact) mass is 357 g/mol. The van der Waals surface area contributed by atoms with Crippen LogP contribution in [0.25, 0.3) is 22.3 Å². The van der Waals surface area contributed by atoms with E-state index in [1.54, 1.807) is 0 Å². The van der Waals surface area contributed by atoms with Crippen LogP contribution in [-0.2, 0) is 13.1 Å². The lowest BCUT2D eigenvalue weighted by atomic mass is 9.95. The summed E-state index contributed by atoms with van der Waals surface area (Å²) in [5.41, 5.74) is 8.73. The summed E-state index contributed by atoms with van der Waals surface area (Å²) in [5, 5.41) is 16.0. The number of rotatable bonds is 2. The van der Waals surface area contributed by atoms with Gasteiger partial charge in [0, 0.05) is 47.2 Å². The van der Waals surface area contributed by atoms with Crippen LogP contribution in [0.5, 0.6) is 0 Å². The molecular formula is C22H19N3O2. The van der Waals surface area contributed by atoms with Crippen molar-refractivity contribution < 1.29 is 9.90 Å². The number of pyridine rings is 1. The number of hydrogen-bond acceptors (Lipinski definition) is 4. The van der Waals surface area contributed by atoms with Crippen molar-refractivity contribution in [3.8, 4) is 22.3 Å². The molecule has 5 nitrogen and oxygen atoms in total. The molecule has 1 unspecified atom stereocenters. The van der Waals surface area contributed by atoms with Gasteiger partial charge in [0.1, 0.15) is 6.23 Å². The van der Waals surface area contributed by atoms with Crippen LogP contribution in [-0.4, -0.2) is 16.0 Å². The van der Waals surface area contributed by atoms with E-state index in [9.17, 15) is 9.90 Å². The number of fused-ring (bicyclic) bond motifs is 2. The van der Waals surface area contributed by atoms with Gasteiger partial charge in [-0.25, -0.2) is 0 Å². The number of nitrogens with zero attached hydrogens (tertiary/aromatic N) is 1. The molecule has 1 aromatic heterocycles. The molecule has 0 saturated heterocycles. The third-order valence-corrected chi connectivity index (χ3v) is 5.45. The highest BCUT2D eigenvalue weighted by Crippen LogP contribution is 2.33. The molecule has 5 heteroatoms. The van der Waals surface area contributed by atoms with E-state index in [0.717, 1.165) is 50.2 Å². The second-order valence-corrected chi connectivity index (χ2v) is 7.11. The molecule has 1 atom stereocenters. The molecule has 0 spiro atoms. The number of aliphatic hydroxyl groups excluding tert-OH is 1. The first-order chi connectivity index (χ1) is 13.1. The molecule has 0 aliphatic carbocycles. The Morgan fingerprint density at radius 3 is 2.63 bits per heavy atom. The van der Waals surface area contributed by atoms with E-state index in [4.69, 9.17) is 0 Å². The van der Waals surface area contributed by atoms with Crippen molar-refractivity contribution in [1.82, 2.24) is 15.6 Å². The van der Waals surface area contributed by atoms with Gasteiger partial charge < -0.3 is 10.4 Å². The summed E-state index contributed by atoms with van der Waals surface area (Å²) >= 11 is 0. The minimum Gasteiger partial charge on any atom is -0.374 e. The highest BCUT2D eigenvalue weighted by Gasteiger charge is 2.21. The van der Waals surface area contributed by atoms with Crippen molar-refractivity contribution in [3.63, 3.8) is 0 Å². The van der Waals surface area contributed by atoms with E-state index >= 15 is 0 Å². The normalized spacial score (nSPS) is 17.6. The summed E-state index contributed by atoms with van der Waals surface area (Å²) in [4.78, 5) is 16.6. The zero-order valence-corrected chi connectivity index (χ0v) is 14.9. The first kappa shape index (κ1) is 16.2. The number of aliphatic hydroxyl groups is 1. The highest BCUT2D eigenvalue weighted by atomic mass is 16.3. The van der Waals surface area contributed by atoms with Crippen molar-refractivity contribution in [2.75, 3.05) is 0 Å². The zero-order chi connectivity index (χ0) is 18.5. The summed E-state index contributed by atoms with van der Waals surface area (Å²) in [6.07, 6.45) is 1.24. The SMILES string of the molecule is Cc1ncc(-c2ccc3c(c2)C(O)NC3)cc1-c1ccc2c(c1)C(=O)NC2. The average molecular weight is 357 g/mol. The Hall–Kier alpha value is -3.02. The molecule has 2 aliphatic heterocycles. The van der Waals surface area contributed by atoms with Crippen LogP contribution in [0.4, 0.5) is 0 Å². The number of aryl methyl sites for hydroxylation is 1. The third kappa shape index (κ3) is 2.63. The third-order valence-electron chi connectivity index (χ3n) is 5.45. The van der Waals surface area contributed by atoms with Gasteiger partial charge in [-0.05, 0) is 47.4 Å². The fourth-order valence-corrected chi connectivity index (χ4v) is 3.87. The number of nitrogens with one attached hydrogen (secondary N) is 2. The summed E-state index contributed by atoms with van der Waals surface area (Å²) < 4.78 is 0. The molecule has 0 radical (unpaired) electrons. The lowest BCUT2D eigenvalue weighted by Crippen LogP contribution is -2.12. The summed E-state index contributed by atoms with van der Waals surface area (Å²) in [7, 11) is 0. The molecule has 2 aromatic carbocycles. The minimum atomic E-state index is -0.618. The molecule has 3 aromatic rings. The van der Waals surface area contributed by atoms with Crippen molar-refractivity contribution in [1.29, 1.82) is 0 Å². The molecule has 0 bridgehead atoms. The quantitative estimate of drug-likeness (QED) is 0.659. The number of benzene rings is 2. The fourth-order valence-electron chi connectivity index (χ4n) is 3.87. The van der Waals surface area contributed by atoms with Crippen LogP contribution in [0.2, 0.25) is 0 Å². The van der Waals surface area contributed by atoms with Crippen LogP contribution in [0.15, 0.2) is 48.7 Å². The molecule has 27 heavy (non-hydrogen) atoms. The Kier molecular flexibility index (Phi) is 3.60. The lowest BCUT2D eigenvalue weighted by molar-refractivity contribution is 0.0965. The Labute approximate surface area is 157 Å². The predicted molar refractivity (Wildman–Crippen MR) is 103 cm³/mol. The van der Waals surface area contributed by atoms with E-state index < -0.39 is 6.23 Å². The van der Waals surface area contributed by atoms with Gasteiger partial charge in [-0.15, -0.1) is 0 Å². The van der Waals surface area contributed by atoms with Crippen molar-refractivity contribution in [2.24, 2.45) is 0 Å². The number of carbonyl (C=O) groups is 1. The topological polar surface area (TPSA) is 74.2 Å². The maximum absolute atomic E-state index is 12.0. The second kappa shape index (κ2) is 6.01. The maximum Gasteiger partial charge on any atom is 0.251 e. The van der Waals surface area contributed by atoms with Crippen molar-refractivity contribution in [2.45, 2.75) is 26.2 Å². The zero-order valence-electron chi connectivity index (χ0n) is 14.9. The Bertz CT molecular complexity index is 1090. The first-order valence-electron chi connectivity index (χ1n) is 9.03. The lowest BCUT2D eigenvalue weighted by Gasteiger charge is -2.11. The second-order valence-electron chi connectivity index (χ2n) is 7.11. The Morgan fingerprint density at radius 1 is 0.963 bits per heavy atom. The molecule has 3 N–H and O–H groups in total. The number of amides is 1. The van der Waals surface area contributed by atoms with E-state index in [1.807, 2.05) is 43.5 Å². The molecular weight excluding hydrogens is 338 g/mol. The Balaban J connectivity index is 1.59.